The zero-order valence-electron chi connectivity index (χ0n) is 10.4. The van der Waals surface area contributed by atoms with Crippen LogP contribution in [0, 0.1) is 12.3 Å². The van der Waals surface area contributed by atoms with E-state index in [1.54, 1.807) is 0 Å². The fourth-order valence-electron chi connectivity index (χ4n) is 2.37. The number of carboxylic acids is 1. The minimum absolute atomic E-state index is 0.0841. The quantitative estimate of drug-likeness (QED) is 0.861. The Labute approximate surface area is 110 Å². The van der Waals surface area contributed by atoms with Gasteiger partial charge in [-0.1, -0.05) is 6.42 Å². The zero-order valence-corrected chi connectivity index (χ0v) is 11.2. The summed E-state index contributed by atoms with van der Waals surface area (Å²) in [7, 11) is 0. The molecule has 0 saturated heterocycles. The Bertz CT molecular complexity index is 463. The van der Waals surface area contributed by atoms with Gasteiger partial charge in [-0.15, -0.1) is 11.3 Å². The van der Waals surface area contributed by atoms with Crippen LogP contribution in [0.15, 0.2) is 11.4 Å². The van der Waals surface area contributed by atoms with Crippen LogP contribution in [-0.2, 0) is 4.79 Å². The van der Waals surface area contributed by atoms with E-state index in [0.29, 0.717) is 6.54 Å². The van der Waals surface area contributed by atoms with Gasteiger partial charge in [0.05, 0.1) is 11.3 Å². The molecule has 0 bridgehead atoms. The lowest BCUT2D eigenvalue weighted by Gasteiger charge is -2.40. The van der Waals surface area contributed by atoms with Crippen LogP contribution < -0.4 is 5.32 Å². The summed E-state index contributed by atoms with van der Waals surface area (Å²) in [5.74, 6) is -0.865. The van der Waals surface area contributed by atoms with E-state index in [-0.39, 0.29) is 17.7 Å². The molecule has 0 atom stereocenters. The molecule has 0 aliphatic heterocycles. The van der Waals surface area contributed by atoms with Crippen molar-refractivity contribution >= 4 is 23.2 Å². The van der Waals surface area contributed by atoms with Gasteiger partial charge in [0.25, 0.3) is 5.91 Å². The first kappa shape index (κ1) is 13.1. The maximum atomic E-state index is 12.0. The van der Waals surface area contributed by atoms with Crippen LogP contribution in [0.1, 0.15) is 40.9 Å². The number of carboxylic acid groups (broad SMARTS) is 1. The number of hydrogen-bond acceptors (Lipinski definition) is 3. The lowest BCUT2D eigenvalue weighted by atomic mass is 9.66. The Morgan fingerprint density at radius 2 is 2.22 bits per heavy atom. The summed E-state index contributed by atoms with van der Waals surface area (Å²) in [4.78, 5) is 23.5. The van der Waals surface area contributed by atoms with Crippen LogP contribution >= 0.6 is 11.3 Å². The van der Waals surface area contributed by atoms with Gasteiger partial charge in [-0.25, -0.2) is 0 Å². The first-order valence-corrected chi connectivity index (χ1v) is 6.94. The molecule has 98 valence electrons. The van der Waals surface area contributed by atoms with Crippen molar-refractivity contribution < 1.29 is 14.7 Å². The first-order valence-electron chi connectivity index (χ1n) is 6.07. The third-order valence-corrected chi connectivity index (χ3v) is 4.65. The van der Waals surface area contributed by atoms with Gasteiger partial charge in [-0.05, 0) is 42.2 Å². The Hall–Kier alpha value is -1.36. The molecule has 0 radical (unpaired) electrons. The lowest BCUT2D eigenvalue weighted by Crippen LogP contribution is -2.43. The normalized spacial score (nSPS) is 16.9. The molecule has 1 aliphatic carbocycles. The van der Waals surface area contributed by atoms with Gasteiger partial charge in [0, 0.05) is 6.54 Å². The van der Waals surface area contributed by atoms with Crippen molar-refractivity contribution in [1.29, 1.82) is 0 Å². The van der Waals surface area contributed by atoms with E-state index >= 15 is 0 Å². The van der Waals surface area contributed by atoms with Crippen LogP contribution in [0.4, 0.5) is 0 Å². The fourth-order valence-corrected chi connectivity index (χ4v) is 3.21. The van der Waals surface area contributed by atoms with E-state index in [4.69, 9.17) is 5.11 Å². The number of aliphatic carboxylic acids is 1. The van der Waals surface area contributed by atoms with Gasteiger partial charge < -0.3 is 10.4 Å². The molecular formula is C13H17NO3S. The lowest BCUT2D eigenvalue weighted by molar-refractivity contribution is -0.141. The van der Waals surface area contributed by atoms with Crippen LogP contribution in [0.2, 0.25) is 0 Å². The summed E-state index contributed by atoms with van der Waals surface area (Å²) in [6, 6.07) is 1.91. The summed E-state index contributed by atoms with van der Waals surface area (Å²) in [5, 5.41) is 13.7. The number of carbonyl (C=O) groups excluding carboxylic acids is 1. The molecule has 1 amide bonds. The highest BCUT2D eigenvalue weighted by Gasteiger charge is 2.39. The van der Waals surface area contributed by atoms with Crippen molar-refractivity contribution in [2.24, 2.45) is 5.41 Å². The average molecular weight is 267 g/mol. The van der Waals surface area contributed by atoms with Crippen LogP contribution in [-0.4, -0.2) is 23.5 Å². The molecule has 1 saturated carbocycles. The second-order valence-corrected chi connectivity index (χ2v) is 5.96. The Morgan fingerprint density at radius 3 is 2.67 bits per heavy atom. The van der Waals surface area contributed by atoms with E-state index in [0.717, 1.165) is 29.7 Å². The highest BCUT2D eigenvalue weighted by molar-refractivity contribution is 7.12. The number of carbonyl (C=O) groups is 2. The van der Waals surface area contributed by atoms with E-state index in [9.17, 15) is 9.59 Å². The molecule has 1 heterocycles. The summed E-state index contributed by atoms with van der Waals surface area (Å²) < 4.78 is 0. The van der Waals surface area contributed by atoms with E-state index in [2.05, 4.69) is 5.32 Å². The molecular weight excluding hydrogens is 250 g/mol. The van der Waals surface area contributed by atoms with Gasteiger partial charge in [-0.3, -0.25) is 9.59 Å². The number of aryl methyl sites for hydroxylation is 1. The number of amides is 1. The van der Waals surface area contributed by atoms with E-state index in [1.807, 2.05) is 18.4 Å². The predicted octanol–water partition coefficient (Wildman–Crippen LogP) is 2.43. The second kappa shape index (κ2) is 5.10. The van der Waals surface area contributed by atoms with Crippen molar-refractivity contribution in [3.8, 4) is 0 Å². The number of thiophene rings is 1. The van der Waals surface area contributed by atoms with Gasteiger partial charge in [-0.2, -0.15) is 0 Å². The highest BCUT2D eigenvalue weighted by atomic mass is 32.1. The zero-order chi connectivity index (χ0) is 13.2. The maximum Gasteiger partial charge on any atom is 0.303 e. The van der Waals surface area contributed by atoms with Crippen molar-refractivity contribution in [3.63, 3.8) is 0 Å². The van der Waals surface area contributed by atoms with Crippen LogP contribution in [0.25, 0.3) is 0 Å². The van der Waals surface area contributed by atoms with E-state index in [1.165, 1.54) is 11.3 Å². The summed E-state index contributed by atoms with van der Waals surface area (Å²) in [5.41, 5.74) is 0.755. The van der Waals surface area contributed by atoms with Gasteiger partial charge in [0.15, 0.2) is 0 Å². The van der Waals surface area contributed by atoms with Gasteiger partial charge in [0.2, 0.25) is 0 Å². The number of rotatable bonds is 5. The fraction of sp³-hybridized carbons (Fsp3) is 0.538. The van der Waals surface area contributed by atoms with Crippen molar-refractivity contribution in [2.45, 2.75) is 32.6 Å². The topological polar surface area (TPSA) is 66.4 Å². The Morgan fingerprint density at radius 1 is 1.50 bits per heavy atom. The molecule has 4 nitrogen and oxygen atoms in total. The monoisotopic (exact) mass is 267 g/mol. The first-order chi connectivity index (χ1) is 8.52. The molecule has 5 heteroatoms. The molecule has 18 heavy (non-hydrogen) atoms. The molecule has 1 aromatic heterocycles. The molecule has 0 unspecified atom stereocenters. The SMILES string of the molecule is Cc1ccsc1C(=O)NCC1(CC(=O)O)CCC1. The second-order valence-electron chi connectivity index (χ2n) is 5.04. The Kier molecular flexibility index (Phi) is 3.71. The number of hydrogen-bond donors (Lipinski definition) is 2. The van der Waals surface area contributed by atoms with E-state index < -0.39 is 5.97 Å². The average Bonchev–Trinajstić information content (AvgIpc) is 2.67. The predicted molar refractivity (Wildman–Crippen MR) is 69.9 cm³/mol. The summed E-state index contributed by atoms with van der Waals surface area (Å²) in [6.45, 7) is 2.37. The van der Waals surface area contributed by atoms with Crippen LogP contribution in [0.5, 0.6) is 0 Å². The summed E-state index contributed by atoms with van der Waals surface area (Å²) >= 11 is 1.42. The maximum absolute atomic E-state index is 12.0. The molecule has 0 spiro atoms. The highest BCUT2D eigenvalue weighted by Crippen LogP contribution is 2.43. The largest absolute Gasteiger partial charge is 0.481 e. The molecule has 0 aromatic carbocycles. The van der Waals surface area contributed by atoms with Crippen LogP contribution in [0.3, 0.4) is 0 Å². The molecule has 2 rings (SSSR count). The van der Waals surface area contributed by atoms with Gasteiger partial charge in [0.1, 0.15) is 0 Å². The van der Waals surface area contributed by atoms with Gasteiger partial charge >= 0.3 is 5.97 Å². The standard InChI is InChI=1S/C13H17NO3S/c1-9-3-6-18-11(9)12(17)14-8-13(4-2-5-13)7-10(15)16/h3,6H,2,4-5,7-8H2,1H3,(H,14,17)(H,15,16). The van der Waals surface area contributed by atoms with Crippen molar-refractivity contribution in [2.75, 3.05) is 6.54 Å². The summed E-state index contributed by atoms with van der Waals surface area (Å²) in [6.07, 6.45) is 2.99. The molecule has 1 aliphatic rings. The van der Waals surface area contributed by atoms with Crippen molar-refractivity contribution in [3.05, 3.63) is 21.9 Å². The number of nitrogens with one attached hydrogen (secondary N) is 1. The smallest absolute Gasteiger partial charge is 0.303 e. The molecule has 2 N–H and O–H groups in total. The third-order valence-electron chi connectivity index (χ3n) is 3.63. The van der Waals surface area contributed by atoms with Crippen molar-refractivity contribution in [1.82, 2.24) is 5.32 Å². The Balaban J connectivity index is 1.93. The molecule has 1 fully saturated rings. The third kappa shape index (κ3) is 2.72. The minimum Gasteiger partial charge on any atom is -0.481 e. The minimum atomic E-state index is -0.781. The molecule has 1 aromatic rings.